The summed E-state index contributed by atoms with van der Waals surface area (Å²) in [6.07, 6.45) is 26.2. The molecular weight excluding hydrogens is 1260 g/mol. The number of nitrogens with zero attached hydrogens (tertiary/aromatic N) is 3. The maximum absolute atomic E-state index is 14.9. The highest BCUT2D eigenvalue weighted by molar-refractivity contribution is 9.09. The number of hydrogen-bond donors (Lipinski definition) is 1. The molecule has 1 N–H and O–H groups in total. The van der Waals surface area contributed by atoms with Crippen LogP contribution in [0.5, 0.6) is 0 Å². The maximum atomic E-state index is 14.9. The average Bonchev–Trinajstić information content (AvgIpc) is 0.875. The third-order valence-corrected chi connectivity index (χ3v) is 21.0. The number of aryl methyl sites for hydroxylation is 6. The number of pyridine rings is 2. The van der Waals surface area contributed by atoms with Crippen molar-refractivity contribution >= 4 is 27.9 Å². The van der Waals surface area contributed by atoms with Crippen LogP contribution in [0.15, 0.2) is 60.7 Å². The molecule has 0 radical (unpaired) electrons. The zero-order valence-corrected chi connectivity index (χ0v) is 58.3. The molecule has 6 saturated heterocycles. The predicted octanol–water partition coefficient (Wildman–Crippen LogP) is 15.8. The number of carbonyl (C=O) groups is 2. The fourth-order valence-corrected chi connectivity index (χ4v) is 15.3. The van der Waals surface area contributed by atoms with Crippen LogP contribution in [-0.2, 0) is 86.0 Å². The van der Waals surface area contributed by atoms with Crippen LogP contribution in [0.1, 0.15) is 244 Å². The van der Waals surface area contributed by atoms with Crippen LogP contribution in [0.25, 0.3) is 0 Å². The number of hydrogen-bond acceptors (Lipinski definition) is 14. The van der Waals surface area contributed by atoms with Gasteiger partial charge in [0.15, 0.2) is 0 Å². The van der Waals surface area contributed by atoms with Crippen molar-refractivity contribution in [1.82, 2.24) is 20.2 Å². The van der Waals surface area contributed by atoms with E-state index < -0.39 is 28.0 Å². The van der Waals surface area contributed by atoms with Gasteiger partial charge in [-0.25, -0.2) is 13.6 Å². The highest BCUT2D eigenvalue weighted by atomic mass is 79.9. The molecule has 0 amide bonds. The zero-order chi connectivity index (χ0) is 65.4. The molecule has 4 unspecified atom stereocenters. The summed E-state index contributed by atoms with van der Waals surface area (Å²) < 4.78 is 76.3. The van der Waals surface area contributed by atoms with Crippen molar-refractivity contribution in [3.8, 4) is 0 Å². The molecular formula is C77H111BrF2N4O10. The Morgan fingerprint density at radius 2 is 1.11 bits per heavy atom. The van der Waals surface area contributed by atoms with Gasteiger partial charge in [0, 0.05) is 82.1 Å². The van der Waals surface area contributed by atoms with E-state index in [1.807, 2.05) is 47.6 Å². The van der Waals surface area contributed by atoms with Crippen molar-refractivity contribution in [2.75, 3.05) is 79.0 Å². The van der Waals surface area contributed by atoms with E-state index in [-0.39, 0.29) is 54.2 Å². The van der Waals surface area contributed by atoms with E-state index in [1.54, 1.807) is 6.07 Å². The molecule has 2 aromatic heterocycles. The summed E-state index contributed by atoms with van der Waals surface area (Å²) in [5, 5.41) is 3.33. The van der Waals surface area contributed by atoms with E-state index in [1.165, 1.54) is 110 Å². The number of likely N-dealkylation sites (tertiary alicyclic amines) is 1. The first-order valence-corrected chi connectivity index (χ1v) is 36.4. The number of benzene rings is 2. The Morgan fingerprint density at radius 1 is 0.617 bits per heavy atom. The molecule has 8 heterocycles. The number of unbranched alkanes of at least 4 members (excludes halogenated alkanes) is 2. The molecule has 2 aliphatic carbocycles. The smallest absolute Gasteiger partial charge is 0.328 e. The lowest BCUT2D eigenvalue weighted by Gasteiger charge is -2.43. The molecule has 4 aromatic rings. The van der Waals surface area contributed by atoms with Gasteiger partial charge in [-0.05, 0) is 283 Å². The molecule has 94 heavy (non-hydrogen) atoms. The van der Waals surface area contributed by atoms with Crippen molar-refractivity contribution in [3.63, 3.8) is 0 Å². The normalized spacial score (nSPS) is 23.3. The fourth-order valence-electron chi connectivity index (χ4n) is 14.8. The number of halogens is 3. The number of esters is 2. The molecule has 14 nitrogen and oxygen atoms in total. The minimum atomic E-state index is -0.731. The van der Waals surface area contributed by atoms with Gasteiger partial charge in [0.25, 0.3) is 0 Å². The number of alkyl halides is 1. The molecule has 520 valence electrons. The number of aromatic nitrogens is 2. The molecule has 6 atom stereocenters. The van der Waals surface area contributed by atoms with Crippen LogP contribution in [0.2, 0.25) is 0 Å². The van der Waals surface area contributed by atoms with Gasteiger partial charge in [-0.15, -0.1) is 0 Å². The fraction of sp³-hybridized carbons (Fsp3) is 0.688. The Balaban J connectivity index is 0.000000183. The first-order valence-electron chi connectivity index (χ1n) is 35.5. The Bertz CT molecular complexity index is 3030. The molecule has 2 aromatic carbocycles. The summed E-state index contributed by atoms with van der Waals surface area (Å²) in [5.74, 6) is -1.51. The van der Waals surface area contributed by atoms with Crippen LogP contribution < -0.4 is 5.32 Å². The summed E-state index contributed by atoms with van der Waals surface area (Å²) in [7, 11) is 0. The molecule has 17 heteroatoms. The van der Waals surface area contributed by atoms with Crippen molar-refractivity contribution in [2.45, 2.75) is 250 Å². The minimum Gasteiger partial charge on any atom is -0.459 e. The van der Waals surface area contributed by atoms with Gasteiger partial charge in [0.1, 0.15) is 33.7 Å². The zero-order valence-electron chi connectivity index (χ0n) is 56.8. The summed E-state index contributed by atoms with van der Waals surface area (Å²) >= 11 is 3.41. The van der Waals surface area contributed by atoms with Gasteiger partial charge in [-0.3, -0.25) is 19.7 Å². The van der Waals surface area contributed by atoms with Gasteiger partial charge >= 0.3 is 11.9 Å². The largest absolute Gasteiger partial charge is 0.459 e. The first-order chi connectivity index (χ1) is 44.8. The third kappa shape index (κ3) is 21.4. The highest BCUT2D eigenvalue weighted by Gasteiger charge is 2.43. The van der Waals surface area contributed by atoms with Gasteiger partial charge in [-0.1, -0.05) is 47.6 Å². The standard InChI is InChI=1S/C38H53FN2O5.C21H28BrFO4.C17H26N2O.CH4/c1-37(2,3)46-36(42)35(32-24-28(39)12-14-31(32)34-15-17-38(26-45-34)18-22-43-23-19-38)41-20-16-30(25-41)44-21-7-6-9-29-13-11-27-8-4-5-10-33(27)40-29;1-20(2,3)27-19(24)18(22)16-12-14(23)4-5-15(16)17-6-7-21(13-26-17)8-10-25-11-9-21;1-2-7-17-14(5-1)8-9-15(19-17)6-3-4-12-20-16-10-11-18-13-16;/h11-14,24,30,34-35H,4-10,15-23,25-26H2,1-3H3;4-5,12,17-18H,6-11,13H2,1-3H3;8-9,16,18H,1-7,10-13H2;1H4/t30-,34?,35?;;16-;/m1.1./s1. The van der Waals surface area contributed by atoms with Crippen molar-refractivity contribution in [2.24, 2.45) is 10.8 Å². The summed E-state index contributed by atoms with van der Waals surface area (Å²) in [6, 6.07) is 17.7. The van der Waals surface area contributed by atoms with E-state index in [9.17, 15) is 18.4 Å². The lowest BCUT2D eigenvalue weighted by Crippen LogP contribution is -2.40. The highest BCUT2D eigenvalue weighted by Crippen LogP contribution is 2.48. The number of nitrogens with one attached hydrogen (secondary N) is 1. The molecule has 6 aliphatic heterocycles. The summed E-state index contributed by atoms with van der Waals surface area (Å²) in [6.45, 7) is 20.6. The summed E-state index contributed by atoms with van der Waals surface area (Å²) in [4.78, 5) is 37.5. The van der Waals surface area contributed by atoms with Crippen LogP contribution in [0.3, 0.4) is 0 Å². The number of ether oxygens (including phenoxy) is 8. The molecule has 2 spiro atoms. The molecule has 12 rings (SSSR count). The second kappa shape index (κ2) is 35.0. The average molecular weight is 1370 g/mol. The van der Waals surface area contributed by atoms with Crippen LogP contribution in [0, 0.1) is 22.5 Å². The SMILES string of the molecule is C.CC(C)(C)OC(=O)C(Br)c1cc(F)ccc1C1CCC2(CCOCC2)CO1.CC(C)(C)OC(=O)C(c1cc(F)ccc1C1CCC2(CCOCC2)CO1)N1CC[C@@H](OCCCCc2ccc3c(n2)CCCC3)C1.c1cc2c(nc1CCCCO[C@@H]1CCNC1)CCCC2. The molecule has 0 bridgehead atoms. The van der Waals surface area contributed by atoms with Crippen molar-refractivity contribution in [1.29, 1.82) is 0 Å². The Hall–Kier alpha value is -4.30. The Kier molecular flexibility index (Phi) is 27.5. The number of fused-ring (bicyclic) bond motifs is 2. The van der Waals surface area contributed by atoms with Crippen LogP contribution in [-0.4, -0.2) is 129 Å². The van der Waals surface area contributed by atoms with Gasteiger partial charge < -0.3 is 43.2 Å². The number of carbonyl (C=O) groups excluding carboxylic acids is 2. The third-order valence-electron chi connectivity index (χ3n) is 20.2. The second-order valence-electron chi connectivity index (χ2n) is 29.7. The van der Waals surface area contributed by atoms with Crippen molar-refractivity contribution < 1.29 is 56.3 Å². The Morgan fingerprint density at radius 3 is 1.60 bits per heavy atom. The van der Waals surface area contributed by atoms with Crippen LogP contribution in [0.4, 0.5) is 8.78 Å². The van der Waals surface area contributed by atoms with Gasteiger partial charge in [-0.2, -0.15) is 0 Å². The minimum absolute atomic E-state index is 0. The van der Waals surface area contributed by atoms with Gasteiger partial charge in [0.2, 0.25) is 0 Å². The quantitative estimate of drug-likeness (QED) is 0.0539. The first kappa shape index (κ1) is 73.9. The van der Waals surface area contributed by atoms with Crippen molar-refractivity contribution in [3.05, 3.63) is 128 Å². The van der Waals surface area contributed by atoms with E-state index in [4.69, 9.17) is 47.9 Å². The molecule has 8 aliphatic rings. The van der Waals surface area contributed by atoms with E-state index in [0.29, 0.717) is 50.1 Å². The van der Waals surface area contributed by atoms with E-state index >= 15 is 0 Å². The monoisotopic (exact) mass is 1370 g/mol. The predicted molar refractivity (Wildman–Crippen MR) is 367 cm³/mol. The van der Waals surface area contributed by atoms with E-state index in [2.05, 4.69) is 50.4 Å². The van der Waals surface area contributed by atoms with Gasteiger partial charge in [0.05, 0.1) is 37.6 Å². The molecule has 0 saturated carbocycles. The van der Waals surface area contributed by atoms with Crippen LogP contribution >= 0.6 is 15.9 Å². The van der Waals surface area contributed by atoms with E-state index in [0.717, 1.165) is 160 Å². The lowest BCUT2D eigenvalue weighted by molar-refractivity contribution is -0.162. The summed E-state index contributed by atoms with van der Waals surface area (Å²) in [5.41, 5.74) is 10.1. The number of rotatable bonds is 19. The maximum Gasteiger partial charge on any atom is 0.328 e. The molecule has 6 fully saturated rings. The Labute approximate surface area is 569 Å². The lowest BCUT2D eigenvalue weighted by atomic mass is 9.74. The second-order valence-corrected chi connectivity index (χ2v) is 30.6. The topological polar surface area (TPSA) is 149 Å².